The molecule has 1 aromatic carbocycles. The molecule has 3 nitrogen and oxygen atoms in total. The Morgan fingerprint density at radius 3 is 2.71 bits per heavy atom. The maximum absolute atomic E-state index is 11.4. The topological polar surface area (TPSA) is 38.3 Å². The number of amides is 1. The lowest BCUT2D eigenvalue weighted by molar-refractivity contribution is 0.0962. The zero-order valence-corrected chi connectivity index (χ0v) is 8.76. The van der Waals surface area contributed by atoms with E-state index in [9.17, 15) is 4.79 Å². The van der Waals surface area contributed by atoms with Crippen LogP contribution >= 0.6 is 0 Å². The minimum atomic E-state index is -0.0846. The van der Waals surface area contributed by atoms with E-state index in [0.717, 1.165) is 17.6 Å². The fraction of sp³-hybridized carbons (Fsp3) is 0.300. The molecule has 4 heteroatoms. The van der Waals surface area contributed by atoms with Gasteiger partial charge < -0.3 is 10.1 Å². The number of methoxy groups -OCH3 is 1. The van der Waals surface area contributed by atoms with Gasteiger partial charge >= 0.3 is 0 Å². The molecule has 1 aromatic rings. The fourth-order valence-corrected chi connectivity index (χ4v) is 1.26. The van der Waals surface area contributed by atoms with Crippen LogP contribution in [0, 0.1) is 0 Å². The highest BCUT2D eigenvalue weighted by molar-refractivity contribution is 6.08. The minimum absolute atomic E-state index is 0.0846. The third-order valence-corrected chi connectivity index (χ3v) is 2.10. The van der Waals surface area contributed by atoms with Crippen LogP contribution in [0.25, 0.3) is 0 Å². The summed E-state index contributed by atoms with van der Waals surface area (Å²) in [4.78, 5) is 11.4. The van der Waals surface area contributed by atoms with Gasteiger partial charge in [0.1, 0.15) is 13.6 Å². The van der Waals surface area contributed by atoms with Crippen LogP contribution < -0.4 is 10.1 Å². The van der Waals surface area contributed by atoms with E-state index in [2.05, 4.69) is 5.32 Å². The van der Waals surface area contributed by atoms with Crippen molar-refractivity contribution in [1.82, 2.24) is 5.32 Å². The second-order valence-electron chi connectivity index (χ2n) is 3.00. The van der Waals surface area contributed by atoms with E-state index in [0.29, 0.717) is 5.56 Å². The molecule has 0 aromatic heterocycles. The molecule has 0 spiro atoms. The van der Waals surface area contributed by atoms with Crippen molar-refractivity contribution >= 4 is 13.8 Å². The van der Waals surface area contributed by atoms with E-state index in [-0.39, 0.29) is 5.91 Å². The maximum Gasteiger partial charge on any atom is 0.251 e. The van der Waals surface area contributed by atoms with Crippen LogP contribution in [0.2, 0.25) is 0 Å². The first kappa shape index (κ1) is 10.6. The van der Waals surface area contributed by atoms with Crippen LogP contribution in [-0.2, 0) is 6.32 Å². The normalized spacial score (nSPS) is 9.57. The molecule has 1 amide bonds. The predicted molar refractivity (Wildman–Crippen MR) is 58.6 cm³/mol. The molecule has 0 aliphatic heterocycles. The highest BCUT2D eigenvalue weighted by atomic mass is 16.5. The molecule has 0 saturated carbocycles. The largest absolute Gasteiger partial charge is 0.497 e. The zero-order chi connectivity index (χ0) is 10.6. The molecular formula is C10H14BNO2. The van der Waals surface area contributed by atoms with Crippen molar-refractivity contribution in [2.24, 2.45) is 0 Å². The van der Waals surface area contributed by atoms with Crippen LogP contribution in [0.3, 0.4) is 0 Å². The Labute approximate surface area is 84.9 Å². The number of nitrogens with one attached hydrogen (secondary N) is 1. The monoisotopic (exact) mass is 191 g/mol. The molecule has 0 aliphatic rings. The first-order chi connectivity index (χ1) is 6.71. The number of hydrogen-bond acceptors (Lipinski definition) is 2. The van der Waals surface area contributed by atoms with E-state index >= 15 is 0 Å². The average molecular weight is 191 g/mol. The van der Waals surface area contributed by atoms with Crippen LogP contribution in [-0.4, -0.2) is 27.9 Å². The van der Waals surface area contributed by atoms with Crippen molar-refractivity contribution < 1.29 is 9.53 Å². The summed E-state index contributed by atoms with van der Waals surface area (Å²) in [7, 11) is 5.26. The lowest BCUT2D eigenvalue weighted by Gasteiger charge is -2.06. The van der Waals surface area contributed by atoms with Crippen molar-refractivity contribution in [2.75, 3.05) is 14.2 Å². The summed E-state index contributed by atoms with van der Waals surface area (Å²) in [5, 5.41) is 2.59. The minimum Gasteiger partial charge on any atom is -0.497 e. The highest BCUT2D eigenvalue weighted by Crippen LogP contribution is 2.16. The second-order valence-corrected chi connectivity index (χ2v) is 3.00. The van der Waals surface area contributed by atoms with Crippen LogP contribution in [0.1, 0.15) is 15.9 Å². The van der Waals surface area contributed by atoms with Gasteiger partial charge in [0.25, 0.3) is 5.91 Å². The molecule has 0 heterocycles. The summed E-state index contributed by atoms with van der Waals surface area (Å²) >= 11 is 0. The molecule has 1 N–H and O–H groups in total. The SMILES string of the molecule is BCc1cc(OC)cc(C(=O)NC)c1. The summed E-state index contributed by atoms with van der Waals surface area (Å²) in [5.74, 6) is 0.640. The lowest BCUT2D eigenvalue weighted by Crippen LogP contribution is -2.18. The van der Waals surface area contributed by atoms with Gasteiger partial charge in [-0.3, -0.25) is 4.79 Å². The van der Waals surface area contributed by atoms with Crippen LogP contribution in [0.15, 0.2) is 18.2 Å². The number of ether oxygens (including phenoxy) is 1. The third kappa shape index (κ3) is 2.28. The Morgan fingerprint density at radius 2 is 2.21 bits per heavy atom. The van der Waals surface area contributed by atoms with E-state index in [1.165, 1.54) is 0 Å². The van der Waals surface area contributed by atoms with Crippen molar-refractivity contribution in [3.63, 3.8) is 0 Å². The van der Waals surface area contributed by atoms with Gasteiger partial charge in [-0.1, -0.05) is 11.9 Å². The summed E-state index contributed by atoms with van der Waals surface area (Å²) in [6.45, 7) is 0. The van der Waals surface area contributed by atoms with Crippen molar-refractivity contribution in [1.29, 1.82) is 0 Å². The number of carbonyl (C=O) groups is 1. The molecule has 1 rings (SSSR count). The van der Waals surface area contributed by atoms with Crippen LogP contribution in [0.4, 0.5) is 0 Å². The third-order valence-electron chi connectivity index (χ3n) is 2.10. The first-order valence-corrected chi connectivity index (χ1v) is 4.61. The van der Waals surface area contributed by atoms with Gasteiger partial charge in [-0.15, -0.1) is 0 Å². The molecule has 0 atom stereocenters. The molecular weight excluding hydrogens is 177 g/mol. The van der Waals surface area contributed by atoms with Gasteiger partial charge in [-0.05, 0) is 18.2 Å². The number of rotatable bonds is 3. The van der Waals surface area contributed by atoms with Gasteiger partial charge in [-0.25, -0.2) is 0 Å². The molecule has 74 valence electrons. The predicted octanol–water partition coefficient (Wildman–Crippen LogP) is 0.188. The van der Waals surface area contributed by atoms with Crippen LogP contribution in [0.5, 0.6) is 5.75 Å². The zero-order valence-electron chi connectivity index (χ0n) is 8.76. The second kappa shape index (κ2) is 4.70. The molecule has 14 heavy (non-hydrogen) atoms. The molecule has 0 saturated heterocycles. The van der Waals surface area contributed by atoms with Gasteiger partial charge in [0.05, 0.1) is 7.11 Å². The van der Waals surface area contributed by atoms with Gasteiger partial charge in [-0.2, -0.15) is 0 Å². The summed E-state index contributed by atoms with van der Waals surface area (Å²) in [5.41, 5.74) is 1.74. The lowest BCUT2D eigenvalue weighted by atomic mass is 9.95. The Hall–Kier alpha value is -1.45. The van der Waals surface area contributed by atoms with Gasteiger partial charge in [0.15, 0.2) is 0 Å². The summed E-state index contributed by atoms with van der Waals surface area (Å²) in [6, 6.07) is 5.55. The smallest absolute Gasteiger partial charge is 0.251 e. The standard InChI is InChI=1S/C10H14BNO2/c1-12-10(13)8-3-7(6-11)4-9(5-8)14-2/h3-5H,6,11H2,1-2H3,(H,12,13). The number of benzene rings is 1. The highest BCUT2D eigenvalue weighted by Gasteiger charge is 2.06. The maximum atomic E-state index is 11.4. The molecule has 0 fully saturated rings. The Bertz CT molecular complexity index is 317. The summed E-state index contributed by atoms with van der Waals surface area (Å²) in [6.07, 6.45) is 0.890. The van der Waals surface area contributed by atoms with Gasteiger partial charge in [0.2, 0.25) is 0 Å². The Balaban J connectivity index is 3.10. The molecule has 0 radical (unpaired) electrons. The van der Waals surface area contributed by atoms with E-state index in [1.54, 1.807) is 20.2 Å². The Morgan fingerprint density at radius 1 is 1.50 bits per heavy atom. The van der Waals surface area contributed by atoms with Crippen molar-refractivity contribution in [3.8, 4) is 5.75 Å². The first-order valence-electron chi connectivity index (χ1n) is 4.61. The fourth-order valence-electron chi connectivity index (χ4n) is 1.26. The molecule has 0 unspecified atom stereocenters. The quantitative estimate of drug-likeness (QED) is 0.692. The number of carbonyl (C=O) groups excluding carboxylic acids is 1. The average Bonchev–Trinajstić information content (AvgIpc) is 2.27. The van der Waals surface area contributed by atoms with Crippen molar-refractivity contribution in [3.05, 3.63) is 29.3 Å². The van der Waals surface area contributed by atoms with E-state index < -0.39 is 0 Å². The molecule has 0 aliphatic carbocycles. The van der Waals surface area contributed by atoms with E-state index in [1.807, 2.05) is 20.0 Å². The van der Waals surface area contributed by atoms with Gasteiger partial charge in [0, 0.05) is 12.6 Å². The van der Waals surface area contributed by atoms with Crippen molar-refractivity contribution in [2.45, 2.75) is 6.32 Å². The number of hydrogen-bond donors (Lipinski definition) is 1. The Kier molecular flexibility index (Phi) is 3.57. The summed E-state index contributed by atoms with van der Waals surface area (Å²) < 4.78 is 5.11. The van der Waals surface area contributed by atoms with E-state index in [4.69, 9.17) is 4.74 Å². The molecule has 0 bridgehead atoms.